The highest BCUT2D eigenvalue weighted by Crippen LogP contribution is 2.35. The molecule has 4 heteroatoms. The molecule has 0 spiro atoms. The molecule has 2 aliphatic heterocycles. The Morgan fingerprint density at radius 1 is 1.33 bits per heavy atom. The number of rotatable bonds is 2. The van der Waals surface area contributed by atoms with Crippen molar-refractivity contribution in [2.24, 2.45) is 0 Å². The Morgan fingerprint density at radius 3 is 3.06 bits per heavy atom. The van der Waals surface area contributed by atoms with Gasteiger partial charge in [0, 0.05) is 17.3 Å². The topological polar surface area (TPSA) is 38.3 Å². The first-order valence-corrected chi connectivity index (χ1v) is 7.47. The van der Waals surface area contributed by atoms with Crippen molar-refractivity contribution >= 4 is 17.7 Å². The zero-order chi connectivity index (χ0) is 12.4. The van der Waals surface area contributed by atoms with E-state index in [0.717, 1.165) is 31.6 Å². The van der Waals surface area contributed by atoms with E-state index in [2.05, 4.69) is 23.5 Å². The number of benzene rings is 1. The van der Waals surface area contributed by atoms with E-state index in [1.54, 1.807) is 0 Å². The van der Waals surface area contributed by atoms with Gasteiger partial charge in [-0.3, -0.25) is 4.79 Å². The van der Waals surface area contributed by atoms with Crippen molar-refractivity contribution in [2.75, 3.05) is 12.4 Å². The van der Waals surface area contributed by atoms with Crippen LogP contribution in [0.15, 0.2) is 29.2 Å². The summed E-state index contributed by atoms with van der Waals surface area (Å²) >= 11 is 1.87. The maximum Gasteiger partial charge on any atom is 0.249 e. The molecule has 1 amide bonds. The van der Waals surface area contributed by atoms with Crippen molar-refractivity contribution < 1.29 is 9.53 Å². The zero-order valence-electron chi connectivity index (χ0n) is 10.2. The molecule has 1 aromatic carbocycles. The van der Waals surface area contributed by atoms with E-state index < -0.39 is 0 Å². The lowest BCUT2D eigenvalue weighted by Crippen LogP contribution is -2.37. The lowest BCUT2D eigenvalue weighted by Gasteiger charge is -2.26. The minimum absolute atomic E-state index is 0.0548. The van der Waals surface area contributed by atoms with Crippen LogP contribution in [-0.4, -0.2) is 24.4 Å². The van der Waals surface area contributed by atoms with Gasteiger partial charge in [-0.1, -0.05) is 18.2 Å². The van der Waals surface area contributed by atoms with Crippen LogP contribution in [0.5, 0.6) is 0 Å². The average molecular weight is 263 g/mol. The van der Waals surface area contributed by atoms with Crippen molar-refractivity contribution in [1.29, 1.82) is 0 Å². The Hall–Kier alpha value is -1.00. The maximum absolute atomic E-state index is 12.1. The van der Waals surface area contributed by atoms with Crippen molar-refractivity contribution in [3.8, 4) is 0 Å². The van der Waals surface area contributed by atoms with Gasteiger partial charge < -0.3 is 10.1 Å². The van der Waals surface area contributed by atoms with E-state index in [1.165, 1.54) is 10.5 Å². The van der Waals surface area contributed by atoms with Crippen LogP contribution in [-0.2, 0) is 9.53 Å². The Morgan fingerprint density at radius 2 is 2.22 bits per heavy atom. The quantitative estimate of drug-likeness (QED) is 0.891. The summed E-state index contributed by atoms with van der Waals surface area (Å²) < 4.78 is 5.43. The van der Waals surface area contributed by atoms with E-state index in [1.807, 2.05) is 17.8 Å². The van der Waals surface area contributed by atoms with Crippen molar-refractivity contribution in [1.82, 2.24) is 5.32 Å². The molecule has 1 saturated heterocycles. The number of nitrogens with one attached hydrogen (secondary N) is 1. The fourth-order valence-electron chi connectivity index (χ4n) is 2.54. The lowest BCUT2D eigenvalue weighted by atomic mass is 10.0. The summed E-state index contributed by atoms with van der Waals surface area (Å²) in [5, 5.41) is 3.14. The van der Waals surface area contributed by atoms with Crippen LogP contribution in [0.3, 0.4) is 0 Å². The summed E-state index contributed by atoms with van der Waals surface area (Å²) in [5.74, 6) is 1.12. The number of fused-ring (bicyclic) bond motifs is 1. The Balaban J connectivity index is 1.72. The number of hydrogen-bond acceptors (Lipinski definition) is 3. The largest absolute Gasteiger partial charge is 0.368 e. The molecule has 1 N–H and O–H groups in total. The molecule has 0 radical (unpaired) electrons. The Bertz CT molecular complexity index is 443. The lowest BCUT2D eigenvalue weighted by molar-refractivity contribution is -0.130. The molecular formula is C14H17NO2S. The number of amides is 1. The summed E-state index contributed by atoms with van der Waals surface area (Å²) in [7, 11) is 0. The highest BCUT2D eigenvalue weighted by atomic mass is 32.2. The normalized spacial score (nSPS) is 26.7. The van der Waals surface area contributed by atoms with Crippen LogP contribution in [0.2, 0.25) is 0 Å². The van der Waals surface area contributed by atoms with Crippen molar-refractivity contribution in [2.45, 2.75) is 36.3 Å². The van der Waals surface area contributed by atoms with Crippen LogP contribution in [0.1, 0.15) is 30.9 Å². The molecule has 2 heterocycles. The van der Waals surface area contributed by atoms with Gasteiger partial charge in [-0.15, -0.1) is 11.8 Å². The van der Waals surface area contributed by atoms with Crippen molar-refractivity contribution in [3.05, 3.63) is 29.8 Å². The second-order valence-electron chi connectivity index (χ2n) is 4.74. The highest BCUT2D eigenvalue weighted by Gasteiger charge is 2.28. The van der Waals surface area contributed by atoms with Gasteiger partial charge in [0.15, 0.2) is 0 Å². The summed E-state index contributed by atoms with van der Waals surface area (Å²) in [6.45, 7) is 0.717. The average Bonchev–Trinajstić information content (AvgIpc) is 2.93. The second-order valence-corrected chi connectivity index (χ2v) is 5.87. The molecule has 0 aromatic heterocycles. The summed E-state index contributed by atoms with van der Waals surface area (Å²) in [4.78, 5) is 13.4. The summed E-state index contributed by atoms with van der Waals surface area (Å²) in [6.07, 6.45) is 2.62. The highest BCUT2D eigenvalue weighted by molar-refractivity contribution is 7.99. The molecule has 0 saturated carbocycles. The molecule has 2 atom stereocenters. The molecule has 0 aliphatic carbocycles. The molecule has 3 rings (SSSR count). The van der Waals surface area contributed by atoms with E-state index in [9.17, 15) is 4.79 Å². The van der Waals surface area contributed by atoms with E-state index in [0.29, 0.717) is 0 Å². The second kappa shape index (κ2) is 5.33. The minimum Gasteiger partial charge on any atom is -0.368 e. The predicted molar refractivity (Wildman–Crippen MR) is 71.6 cm³/mol. The third-order valence-corrected chi connectivity index (χ3v) is 4.62. The van der Waals surface area contributed by atoms with Crippen LogP contribution >= 0.6 is 11.8 Å². The number of thioether (sulfide) groups is 1. The predicted octanol–water partition coefficient (Wildman–Crippen LogP) is 2.52. The van der Waals surface area contributed by atoms with Gasteiger partial charge in [0.1, 0.15) is 6.10 Å². The van der Waals surface area contributed by atoms with Crippen LogP contribution in [0.25, 0.3) is 0 Å². The molecule has 1 aromatic rings. The molecular weight excluding hydrogens is 246 g/mol. The van der Waals surface area contributed by atoms with Gasteiger partial charge in [-0.2, -0.15) is 0 Å². The number of hydrogen-bond donors (Lipinski definition) is 1. The molecule has 1 fully saturated rings. The number of carbonyl (C=O) groups is 1. The fraction of sp³-hybridized carbons (Fsp3) is 0.500. The first-order valence-electron chi connectivity index (χ1n) is 6.48. The van der Waals surface area contributed by atoms with Crippen LogP contribution in [0, 0.1) is 0 Å². The fourth-order valence-corrected chi connectivity index (χ4v) is 3.67. The molecule has 0 unspecified atom stereocenters. The van der Waals surface area contributed by atoms with Crippen molar-refractivity contribution in [3.63, 3.8) is 0 Å². The number of carbonyl (C=O) groups excluding carboxylic acids is 1. The smallest absolute Gasteiger partial charge is 0.249 e. The van der Waals surface area contributed by atoms with Crippen LogP contribution < -0.4 is 5.32 Å². The Kier molecular flexibility index (Phi) is 3.57. The summed E-state index contributed by atoms with van der Waals surface area (Å²) in [6, 6.07) is 8.48. The third-order valence-electron chi connectivity index (χ3n) is 3.50. The van der Waals surface area contributed by atoms with Gasteiger partial charge in [-0.05, 0) is 30.9 Å². The minimum atomic E-state index is -0.230. The first-order chi connectivity index (χ1) is 8.84. The monoisotopic (exact) mass is 263 g/mol. The third kappa shape index (κ3) is 2.40. The summed E-state index contributed by atoms with van der Waals surface area (Å²) in [5.41, 5.74) is 1.25. The number of ether oxygens (including phenoxy) is 1. The molecule has 3 nitrogen and oxygen atoms in total. The first kappa shape index (κ1) is 12.1. The van der Waals surface area contributed by atoms with Gasteiger partial charge in [-0.25, -0.2) is 0 Å². The zero-order valence-corrected chi connectivity index (χ0v) is 11.0. The standard InChI is InChI=1S/C14H17NO2S/c16-14(12-5-3-8-17-12)15-11-7-9-18-13-6-2-1-4-10(11)13/h1-2,4,6,11-12H,3,5,7-9H2,(H,15,16)/t11-,12-/m0/s1. The van der Waals surface area contributed by atoms with Gasteiger partial charge >= 0.3 is 0 Å². The molecule has 2 aliphatic rings. The van der Waals surface area contributed by atoms with E-state index in [-0.39, 0.29) is 18.1 Å². The van der Waals surface area contributed by atoms with E-state index in [4.69, 9.17) is 4.74 Å². The molecule has 18 heavy (non-hydrogen) atoms. The molecule has 96 valence electrons. The van der Waals surface area contributed by atoms with Crippen LogP contribution in [0.4, 0.5) is 0 Å². The SMILES string of the molecule is O=C(N[C@H]1CCSc2ccccc21)[C@@H]1CCCO1. The molecule has 0 bridgehead atoms. The van der Waals surface area contributed by atoms with Gasteiger partial charge in [0.05, 0.1) is 6.04 Å². The van der Waals surface area contributed by atoms with Gasteiger partial charge in [0.2, 0.25) is 5.91 Å². The maximum atomic E-state index is 12.1. The van der Waals surface area contributed by atoms with Gasteiger partial charge in [0.25, 0.3) is 0 Å². The Labute approximate surface area is 111 Å². The van der Waals surface area contributed by atoms with E-state index >= 15 is 0 Å².